The molecule has 0 aromatic heterocycles. The van der Waals surface area contributed by atoms with E-state index in [0.717, 1.165) is 12.0 Å². The first-order valence-corrected chi connectivity index (χ1v) is 8.96. The van der Waals surface area contributed by atoms with E-state index >= 15 is 0 Å². The van der Waals surface area contributed by atoms with Crippen molar-refractivity contribution < 1.29 is 17.9 Å². The van der Waals surface area contributed by atoms with Gasteiger partial charge in [-0.15, -0.1) is 0 Å². The molecular weight excluding hydrogens is 328 g/mol. The number of carbonyl (C=O) groups excluding carboxylic acids is 1. The first kappa shape index (κ1) is 18.0. The number of rotatable bonds is 7. The van der Waals surface area contributed by atoms with Crippen LogP contribution in [0.3, 0.4) is 0 Å². The Morgan fingerprint density at radius 1 is 1.08 bits per heavy atom. The SMILES string of the molecule is CCc1ccccc1NC(=O)CNS(=O)(=O)c1ccc(OC)cc1. The maximum atomic E-state index is 12.2. The number of benzene rings is 2. The summed E-state index contributed by atoms with van der Waals surface area (Å²) in [6.45, 7) is 1.64. The molecule has 6 nitrogen and oxygen atoms in total. The van der Waals surface area contributed by atoms with Crippen LogP contribution in [0.15, 0.2) is 53.4 Å². The predicted molar refractivity (Wildman–Crippen MR) is 92.6 cm³/mol. The molecule has 2 N–H and O–H groups in total. The van der Waals surface area contributed by atoms with Crippen LogP contribution in [0.2, 0.25) is 0 Å². The zero-order chi connectivity index (χ0) is 17.6. The standard InChI is InChI=1S/C17H20N2O4S/c1-3-13-6-4-5-7-16(13)19-17(20)12-18-24(21,22)15-10-8-14(23-2)9-11-15/h4-11,18H,3,12H2,1-2H3,(H,19,20). The zero-order valence-corrected chi connectivity index (χ0v) is 14.4. The van der Waals surface area contributed by atoms with Gasteiger partial charge in [0, 0.05) is 5.69 Å². The van der Waals surface area contributed by atoms with E-state index in [0.29, 0.717) is 11.4 Å². The number of para-hydroxylation sites is 1. The van der Waals surface area contributed by atoms with Crippen molar-refractivity contribution in [3.8, 4) is 5.75 Å². The van der Waals surface area contributed by atoms with E-state index < -0.39 is 15.9 Å². The topological polar surface area (TPSA) is 84.5 Å². The molecule has 0 heterocycles. The number of ether oxygens (including phenoxy) is 1. The summed E-state index contributed by atoms with van der Waals surface area (Å²) in [5.74, 6) is 0.135. The smallest absolute Gasteiger partial charge is 0.241 e. The largest absolute Gasteiger partial charge is 0.497 e. The first-order valence-electron chi connectivity index (χ1n) is 7.47. The van der Waals surface area contributed by atoms with Crippen molar-refractivity contribution in [2.75, 3.05) is 19.0 Å². The number of hydrogen-bond donors (Lipinski definition) is 2. The number of amides is 1. The second kappa shape index (κ2) is 7.94. The Kier molecular flexibility index (Phi) is 5.94. The lowest BCUT2D eigenvalue weighted by atomic mass is 10.1. The monoisotopic (exact) mass is 348 g/mol. The van der Waals surface area contributed by atoms with E-state index in [1.807, 2.05) is 25.1 Å². The van der Waals surface area contributed by atoms with Crippen LogP contribution in [0, 0.1) is 0 Å². The van der Waals surface area contributed by atoms with Crippen molar-refractivity contribution in [3.63, 3.8) is 0 Å². The Morgan fingerprint density at radius 2 is 1.75 bits per heavy atom. The molecule has 0 atom stereocenters. The van der Waals surface area contributed by atoms with Gasteiger partial charge in [-0.2, -0.15) is 0 Å². The molecule has 0 unspecified atom stereocenters. The molecule has 7 heteroatoms. The number of carbonyl (C=O) groups is 1. The van der Waals surface area contributed by atoms with Crippen LogP contribution in [-0.4, -0.2) is 28.0 Å². The third-order valence-electron chi connectivity index (χ3n) is 3.46. The molecular formula is C17H20N2O4S. The fraction of sp³-hybridized carbons (Fsp3) is 0.235. The second-order valence-corrected chi connectivity index (χ2v) is 6.83. The Labute approximate surface area is 141 Å². The summed E-state index contributed by atoms with van der Waals surface area (Å²) in [6.07, 6.45) is 0.772. The van der Waals surface area contributed by atoms with Crippen LogP contribution >= 0.6 is 0 Å². The molecule has 2 aromatic rings. The van der Waals surface area contributed by atoms with Gasteiger partial charge in [-0.05, 0) is 42.3 Å². The molecule has 0 aliphatic carbocycles. The number of aryl methyl sites for hydroxylation is 1. The minimum absolute atomic E-state index is 0.0741. The third kappa shape index (κ3) is 4.56. The average Bonchev–Trinajstić information content (AvgIpc) is 2.60. The summed E-state index contributed by atoms with van der Waals surface area (Å²) in [5, 5.41) is 2.72. The summed E-state index contributed by atoms with van der Waals surface area (Å²) in [6, 6.07) is 13.3. The quantitative estimate of drug-likeness (QED) is 0.803. The Hall–Kier alpha value is -2.38. The number of nitrogens with one attached hydrogen (secondary N) is 2. The normalized spacial score (nSPS) is 11.1. The zero-order valence-electron chi connectivity index (χ0n) is 13.6. The molecule has 0 fully saturated rings. The molecule has 0 saturated heterocycles. The molecule has 1 amide bonds. The van der Waals surface area contributed by atoms with Crippen molar-refractivity contribution >= 4 is 21.6 Å². The van der Waals surface area contributed by atoms with Crippen LogP contribution < -0.4 is 14.8 Å². The van der Waals surface area contributed by atoms with Crippen molar-refractivity contribution in [2.45, 2.75) is 18.2 Å². The van der Waals surface area contributed by atoms with Crippen LogP contribution in [0.5, 0.6) is 5.75 Å². The summed E-state index contributed by atoms with van der Waals surface area (Å²) in [7, 11) is -2.25. The number of hydrogen-bond acceptors (Lipinski definition) is 4. The maximum Gasteiger partial charge on any atom is 0.241 e. The first-order chi connectivity index (χ1) is 11.5. The van der Waals surface area contributed by atoms with E-state index in [9.17, 15) is 13.2 Å². The van der Waals surface area contributed by atoms with Gasteiger partial charge in [0.1, 0.15) is 5.75 Å². The molecule has 0 aliphatic heterocycles. The van der Waals surface area contributed by atoms with Crippen molar-refractivity contribution in [3.05, 3.63) is 54.1 Å². The minimum atomic E-state index is -3.75. The highest BCUT2D eigenvalue weighted by molar-refractivity contribution is 7.89. The highest BCUT2D eigenvalue weighted by Gasteiger charge is 2.16. The summed E-state index contributed by atoms with van der Waals surface area (Å²) in [5.41, 5.74) is 1.68. The van der Waals surface area contributed by atoms with Crippen LogP contribution in [0.1, 0.15) is 12.5 Å². The maximum absolute atomic E-state index is 12.2. The van der Waals surface area contributed by atoms with Gasteiger partial charge in [-0.3, -0.25) is 4.79 Å². The molecule has 0 aliphatic rings. The molecule has 128 valence electrons. The van der Waals surface area contributed by atoms with Crippen molar-refractivity contribution in [1.29, 1.82) is 0 Å². The Balaban J connectivity index is 1.99. The van der Waals surface area contributed by atoms with E-state index in [-0.39, 0.29) is 11.4 Å². The fourth-order valence-electron chi connectivity index (χ4n) is 2.14. The van der Waals surface area contributed by atoms with E-state index in [1.54, 1.807) is 18.2 Å². The van der Waals surface area contributed by atoms with Crippen LogP contribution in [-0.2, 0) is 21.2 Å². The fourth-order valence-corrected chi connectivity index (χ4v) is 3.13. The lowest BCUT2D eigenvalue weighted by Crippen LogP contribution is -2.33. The summed E-state index contributed by atoms with van der Waals surface area (Å²) < 4.78 is 31.6. The average molecular weight is 348 g/mol. The van der Waals surface area contributed by atoms with Gasteiger partial charge < -0.3 is 10.1 Å². The van der Waals surface area contributed by atoms with Crippen LogP contribution in [0.4, 0.5) is 5.69 Å². The lowest BCUT2D eigenvalue weighted by Gasteiger charge is -2.11. The molecule has 0 radical (unpaired) electrons. The van der Waals surface area contributed by atoms with Crippen molar-refractivity contribution in [2.24, 2.45) is 0 Å². The summed E-state index contributed by atoms with van der Waals surface area (Å²) in [4.78, 5) is 12.1. The Bertz CT molecular complexity index is 802. The molecule has 24 heavy (non-hydrogen) atoms. The van der Waals surface area contributed by atoms with Crippen molar-refractivity contribution in [1.82, 2.24) is 4.72 Å². The van der Waals surface area contributed by atoms with Gasteiger partial charge in [0.25, 0.3) is 0 Å². The summed E-state index contributed by atoms with van der Waals surface area (Å²) >= 11 is 0. The number of anilines is 1. The van der Waals surface area contributed by atoms with E-state index in [4.69, 9.17) is 4.74 Å². The highest BCUT2D eigenvalue weighted by Crippen LogP contribution is 2.16. The second-order valence-electron chi connectivity index (χ2n) is 5.06. The molecule has 2 rings (SSSR count). The number of sulfonamides is 1. The Morgan fingerprint density at radius 3 is 2.38 bits per heavy atom. The van der Waals surface area contributed by atoms with Gasteiger partial charge in [0.05, 0.1) is 18.6 Å². The van der Waals surface area contributed by atoms with Gasteiger partial charge in [0.2, 0.25) is 15.9 Å². The molecule has 0 saturated carbocycles. The minimum Gasteiger partial charge on any atom is -0.497 e. The predicted octanol–water partition coefficient (Wildman–Crippen LogP) is 2.17. The molecule has 2 aromatic carbocycles. The lowest BCUT2D eigenvalue weighted by molar-refractivity contribution is -0.115. The number of methoxy groups -OCH3 is 1. The third-order valence-corrected chi connectivity index (χ3v) is 4.88. The molecule has 0 spiro atoms. The highest BCUT2D eigenvalue weighted by atomic mass is 32.2. The van der Waals surface area contributed by atoms with E-state index in [2.05, 4.69) is 10.0 Å². The van der Waals surface area contributed by atoms with Gasteiger partial charge in [0.15, 0.2) is 0 Å². The van der Waals surface area contributed by atoms with Gasteiger partial charge in [-0.1, -0.05) is 25.1 Å². The van der Waals surface area contributed by atoms with E-state index in [1.165, 1.54) is 19.2 Å². The van der Waals surface area contributed by atoms with Crippen LogP contribution in [0.25, 0.3) is 0 Å². The van der Waals surface area contributed by atoms with Gasteiger partial charge >= 0.3 is 0 Å². The molecule has 0 bridgehead atoms. The van der Waals surface area contributed by atoms with Gasteiger partial charge in [-0.25, -0.2) is 13.1 Å².